The molecule has 0 radical (unpaired) electrons. The number of hydrogen-bond donors (Lipinski definition) is 1. The lowest BCUT2D eigenvalue weighted by molar-refractivity contribution is 0.0938. The first-order valence-corrected chi connectivity index (χ1v) is 10.8. The fourth-order valence-corrected chi connectivity index (χ4v) is 5.09. The van der Waals surface area contributed by atoms with Crippen LogP contribution in [-0.4, -0.2) is 37.8 Å². The highest BCUT2D eigenvalue weighted by Gasteiger charge is 2.28. The standard InChI is InChI=1S/C18H27ClN2O3S/c1-3-8-14(2)20-18(22)15-9-10-16(19)17(13-15)25(23,24)21-11-6-4-5-7-12-21/h9-10,13-14H,3-8,11-12H2,1-2H3,(H,20,22)/t14-/m1/s1. The van der Waals surface area contributed by atoms with Crippen molar-refractivity contribution < 1.29 is 13.2 Å². The Hall–Kier alpha value is -1.11. The van der Waals surface area contributed by atoms with Gasteiger partial charge in [-0.15, -0.1) is 0 Å². The van der Waals surface area contributed by atoms with Crippen LogP contribution in [0, 0.1) is 0 Å². The van der Waals surface area contributed by atoms with Crippen molar-refractivity contribution in [3.63, 3.8) is 0 Å². The number of halogens is 1. The number of amides is 1. The Kier molecular flexibility index (Phi) is 7.28. The van der Waals surface area contributed by atoms with Crippen LogP contribution >= 0.6 is 11.6 Å². The fraction of sp³-hybridized carbons (Fsp3) is 0.611. The molecule has 1 aromatic carbocycles. The SMILES string of the molecule is CCC[C@@H](C)NC(=O)c1ccc(Cl)c(S(=O)(=O)N2CCCCCC2)c1. The zero-order chi connectivity index (χ0) is 18.4. The van der Waals surface area contributed by atoms with E-state index in [1.807, 2.05) is 6.92 Å². The smallest absolute Gasteiger partial charge is 0.251 e. The molecule has 25 heavy (non-hydrogen) atoms. The number of sulfonamides is 1. The molecule has 5 nitrogen and oxygen atoms in total. The van der Waals surface area contributed by atoms with E-state index >= 15 is 0 Å². The van der Waals surface area contributed by atoms with Crippen LogP contribution in [0.3, 0.4) is 0 Å². The lowest BCUT2D eigenvalue weighted by Gasteiger charge is -2.21. The molecule has 7 heteroatoms. The highest BCUT2D eigenvalue weighted by Crippen LogP contribution is 2.27. The molecule has 1 aliphatic heterocycles. The van der Waals surface area contributed by atoms with Crippen molar-refractivity contribution in [1.82, 2.24) is 9.62 Å². The fourth-order valence-electron chi connectivity index (χ4n) is 3.08. The van der Waals surface area contributed by atoms with Gasteiger partial charge in [-0.1, -0.05) is 37.8 Å². The maximum atomic E-state index is 13.0. The van der Waals surface area contributed by atoms with Crippen molar-refractivity contribution in [2.75, 3.05) is 13.1 Å². The minimum atomic E-state index is -3.69. The summed E-state index contributed by atoms with van der Waals surface area (Å²) >= 11 is 6.16. The molecule has 1 atom stereocenters. The van der Waals surface area contributed by atoms with E-state index in [-0.39, 0.29) is 21.9 Å². The van der Waals surface area contributed by atoms with Gasteiger partial charge >= 0.3 is 0 Å². The molecule has 0 aromatic heterocycles. The molecular weight excluding hydrogens is 360 g/mol. The van der Waals surface area contributed by atoms with E-state index in [1.54, 1.807) is 6.07 Å². The molecule has 1 N–H and O–H groups in total. The zero-order valence-corrected chi connectivity index (χ0v) is 16.5. The molecule has 2 rings (SSSR count). The highest BCUT2D eigenvalue weighted by molar-refractivity contribution is 7.89. The van der Waals surface area contributed by atoms with E-state index in [1.165, 1.54) is 16.4 Å². The summed E-state index contributed by atoms with van der Waals surface area (Å²) in [6.45, 7) is 4.99. The molecule has 140 valence electrons. The molecule has 0 unspecified atom stereocenters. The Balaban J connectivity index is 2.27. The summed E-state index contributed by atoms with van der Waals surface area (Å²) in [4.78, 5) is 12.4. The van der Waals surface area contributed by atoms with Crippen LogP contribution in [0.4, 0.5) is 0 Å². The van der Waals surface area contributed by atoms with Gasteiger partial charge in [0.15, 0.2) is 0 Å². The number of rotatable bonds is 6. The third kappa shape index (κ3) is 5.19. The quantitative estimate of drug-likeness (QED) is 0.808. The third-order valence-corrected chi connectivity index (χ3v) is 6.86. The molecule has 1 fully saturated rings. The molecular formula is C18H27ClN2O3S. The normalized spacial score (nSPS) is 17.7. The maximum Gasteiger partial charge on any atom is 0.251 e. The van der Waals surface area contributed by atoms with Crippen molar-refractivity contribution in [2.24, 2.45) is 0 Å². The molecule has 1 heterocycles. The monoisotopic (exact) mass is 386 g/mol. The van der Waals surface area contributed by atoms with Gasteiger partial charge in [0.25, 0.3) is 5.91 Å². The number of nitrogens with zero attached hydrogens (tertiary/aromatic N) is 1. The third-order valence-electron chi connectivity index (χ3n) is 4.48. The summed E-state index contributed by atoms with van der Waals surface area (Å²) in [5, 5.41) is 3.05. The summed E-state index contributed by atoms with van der Waals surface area (Å²) in [5.74, 6) is -0.273. The van der Waals surface area contributed by atoms with Gasteiger partial charge in [0.2, 0.25) is 10.0 Å². The van der Waals surface area contributed by atoms with E-state index in [4.69, 9.17) is 11.6 Å². The Morgan fingerprint density at radius 2 is 1.88 bits per heavy atom. The number of hydrogen-bond acceptors (Lipinski definition) is 3. The van der Waals surface area contributed by atoms with E-state index in [0.29, 0.717) is 18.7 Å². The summed E-state index contributed by atoms with van der Waals surface area (Å²) in [7, 11) is -3.69. The van der Waals surface area contributed by atoms with Crippen LogP contribution in [0.5, 0.6) is 0 Å². The second-order valence-corrected chi connectivity index (χ2v) is 8.94. The van der Waals surface area contributed by atoms with E-state index in [2.05, 4.69) is 12.2 Å². The van der Waals surface area contributed by atoms with Crippen LogP contribution in [0.2, 0.25) is 5.02 Å². The molecule has 0 bridgehead atoms. The molecule has 1 saturated heterocycles. The molecule has 0 aliphatic carbocycles. The molecule has 1 aliphatic rings. The summed E-state index contributed by atoms with van der Waals surface area (Å²) in [6, 6.07) is 4.50. The number of carbonyl (C=O) groups excluding carboxylic acids is 1. The second-order valence-electron chi connectivity index (χ2n) is 6.63. The van der Waals surface area contributed by atoms with Crippen molar-refractivity contribution in [2.45, 2.75) is 63.3 Å². The van der Waals surface area contributed by atoms with Crippen LogP contribution in [0.1, 0.15) is 62.7 Å². The van der Waals surface area contributed by atoms with Gasteiger partial charge in [-0.05, 0) is 44.4 Å². The first-order valence-electron chi connectivity index (χ1n) is 8.97. The predicted octanol–water partition coefficient (Wildman–Crippen LogP) is 3.82. The molecule has 1 amide bonds. The van der Waals surface area contributed by atoms with Gasteiger partial charge in [-0.2, -0.15) is 4.31 Å². The zero-order valence-electron chi connectivity index (χ0n) is 14.9. The predicted molar refractivity (Wildman–Crippen MR) is 101 cm³/mol. The van der Waals surface area contributed by atoms with Gasteiger partial charge in [-0.3, -0.25) is 4.79 Å². The number of benzene rings is 1. The van der Waals surface area contributed by atoms with Crippen LogP contribution in [-0.2, 0) is 10.0 Å². The Morgan fingerprint density at radius 1 is 1.24 bits per heavy atom. The topological polar surface area (TPSA) is 66.5 Å². The summed E-state index contributed by atoms with van der Waals surface area (Å²) in [6.07, 6.45) is 5.63. The van der Waals surface area contributed by atoms with Gasteiger partial charge < -0.3 is 5.32 Å². The van der Waals surface area contributed by atoms with Crippen molar-refractivity contribution in [1.29, 1.82) is 0 Å². The van der Waals surface area contributed by atoms with Crippen molar-refractivity contribution >= 4 is 27.5 Å². The van der Waals surface area contributed by atoms with Crippen molar-refractivity contribution in [3.8, 4) is 0 Å². The minimum absolute atomic E-state index is 0.0202. The molecule has 0 spiro atoms. The minimum Gasteiger partial charge on any atom is -0.350 e. The van der Waals surface area contributed by atoms with Gasteiger partial charge in [0, 0.05) is 24.7 Å². The van der Waals surface area contributed by atoms with Crippen LogP contribution < -0.4 is 5.32 Å². The first-order chi connectivity index (χ1) is 11.9. The van der Waals surface area contributed by atoms with Crippen molar-refractivity contribution in [3.05, 3.63) is 28.8 Å². The summed E-state index contributed by atoms with van der Waals surface area (Å²) in [5.41, 5.74) is 0.320. The number of nitrogens with one attached hydrogen (secondary N) is 1. The second kappa shape index (κ2) is 9.01. The number of carbonyl (C=O) groups is 1. The average molecular weight is 387 g/mol. The first kappa shape index (κ1) is 20.2. The Bertz CT molecular complexity index is 698. The van der Waals surface area contributed by atoms with Gasteiger partial charge in [0.1, 0.15) is 4.90 Å². The average Bonchev–Trinajstić information content (AvgIpc) is 2.85. The van der Waals surface area contributed by atoms with E-state index < -0.39 is 10.0 Å². The highest BCUT2D eigenvalue weighted by atomic mass is 35.5. The Morgan fingerprint density at radius 3 is 2.48 bits per heavy atom. The largest absolute Gasteiger partial charge is 0.350 e. The lowest BCUT2D eigenvalue weighted by Crippen LogP contribution is -2.34. The maximum absolute atomic E-state index is 13.0. The molecule has 0 saturated carbocycles. The van der Waals surface area contributed by atoms with Crippen LogP contribution in [0.15, 0.2) is 23.1 Å². The Labute approximate surface area is 155 Å². The van der Waals surface area contributed by atoms with Gasteiger partial charge in [0.05, 0.1) is 5.02 Å². The van der Waals surface area contributed by atoms with E-state index in [0.717, 1.165) is 38.5 Å². The van der Waals surface area contributed by atoms with Gasteiger partial charge in [-0.25, -0.2) is 8.42 Å². The summed E-state index contributed by atoms with van der Waals surface area (Å²) < 4.78 is 27.4. The van der Waals surface area contributed by atoms with Crippen LogP contribution in [0.25, 0.3) is 0 Å². The molecule has 1 aromatic rings. The van der Waals surface area contributed by atoms with E-state index in [9.17, 15) is 13.2 Å². The lowest BCUT2D eigenvalue weighted by atomic mass is 10.1.